The summed E-state index contributed by atoms with van der Waals surface area (Å²) < 4.78 is 11.0. The molecule has 4 rings (SSSR count). The third-order valence-corrected chi connectivity index (χ3v) is 6.30. The number of hydrogen-bond donors (Lipinski definition) is 2. The van der Waals surface area contributed by atoms with Gasteiger partial charge in [0.25, 0.3) is 0 Å². The Hall–Kier alpha value is -3.39. The minimum atomic E-state index is -1.11. The highest BCUT2D eigenvalue weighted by Crippen LogP contribution is 2.44. The Morgan fingerprint density at radius 1 is 1.12 bits per heavy atom. The van der Waals surface area contributed by atoms with Gasteiger partial charge >= 0.3 is 12.1 Å². The third-order valence-electron chi connectivity index (χ3n) is 6.30. The number of amides is 2. The van der Waals surface area contributed by atoms with E-state index >= 15 is 0 Å². The number of nitrogens with one attached hydrogen (secondary N) is 1. The standard InChI is InChI=1S/C24H26N2O6/c1-24(22(29)26(2)11-21(27)28)14-31-13-20(24)25-23(30)32-12-19-17-9-5-3-7-15(17)16-8-4-6-10-18(16)19/h3-10,19-20H,11-14H2,1-2H3,(H,25,30)(H,27,28). The summed E-state index contributed by atoms with van der Waals surface area (Å²) in [6, 6.07) is 15.5. The average Bonchev–Trinajstić information content (AvgIpc) is 3.30. The van der Waals surface area contributed by atoms with Gasteiger partial charge in [-0.3, -0.25) is 9.59 Å². The number of carbonyl (C=O) groups is 3. The van der Waals surface area contributed by atoms with Gasteiger partial charge in [0, 0.05) is 13.0 Å². The molecule has 1 aliphatic carbocycles. The van der Waals surface area contributed by atoms with Crippen LogP contribution >= 0.6 is 0 Å². The number of ether oxygens (including phenoxy) is 2. The molecule has 1 aliphatic heterocycles. The van der Waals surface area contributed by atoms with Crippen molar-refractivity contribution in [1.82, 2.24) is 10.2 Å². The Labute approximate surface area is 186 Å². The van der Waals surface area contributed by atoms with Crippen molar-refractivity contribution in [2.24, 2.45) is 5.41 Å². The van der Waals surface area contributed by atoms with Gasteiger partial charge in [0.15, 0.2) is 0 Å². The Kier molecular flexibility index (Phi) is 5.88. The largest absolute Gasteiger partial charge is 0.480 e. The number of fused-ring (bicyclic) bond motifs is 3. The molecule has 2 atom stereocenters. The molecule has 2 aromatic rings. The number of nitrogens with zero attached hydrogens (tertiary/aromatic N) is 1. The van der Waals surface area contributed by atoms with Gasteiger partial charge in [0.1, 0.15) is 13.2 Å². The Morgan fingerprint density at radius 3 is 2.31 bits per heavy atom. The molecule has 0 radical (unpaired) electrons. The van der Waals surface area contributed by atoms with Crippen LogP contribution in [-0.2, 0) is 19.1 Å². The zero-order valence-electron chi connectivity index (χ0n) is 18.0. The zero-order chi connectivity index (χ0) is 22.9. The van der Waals surface area contributed by atoms with E-state index in [1.165, 1.54) is 7.05 Å². The monoisotopic (exact) mass is 438 g/mol. The predicted octanol–water partition coefficient (Wildman–Crippen LogP) is 2.47. The number of aliphatic carboxylic acids is 1. The van der Waals surface area contributed by atoms with Gasteiger partial charge in [-0.1, -0.05) is 48.5 Å². The van der Waals surface area contributed by atoms with Crippen LogP contribution in [0.1, 0.15) is 24.0 Å². The maximum Gasteiger partial charge on any atom is 0.407 e. The van der Waals surface area contributed by atoms with Crippen LogP contribution < -0.4 is 5.32 Å². The number of benzene rings is 2. The Morgan fingerprint density at radius 2 is 1.72 bits per heavy atom. The summed E-state index contributed by atoms with van der Waals surface area (Å²) in [5.74, 6) is -1.58. The average molecular weight is 438 g/mol. The molecule has 1 saturated heterocycles. The van der Waals surface area contributed by atoms with E-state index in [-0.39, 0.29) is 25.7 Å². The van der Waals surface area contributed by atoms with Gasteiger partial charge in [-0.05, 0) is 29.2 Å². The fraction of sp³-hybridized carbons (Fsp3) is 0.375. The Bertz CT molecular complexity index is 1010. The molecule has 32 heavy (non-hydrogen) atoms. The van der Waals surface area contributed by atoms with E-state index in [0.717, 1.165) is 27.2 Å². The first-order valence-electron chi connectivity index (χ1n) is 10.5. The van der Waals surface area contributed by atoms with Gasteiger partial charge < -0.3 is 24.8 Å². The van der Waals surface area contributed by atoms with E-state index in [9.17, 15) is 14.4 Å². The van der Waals surface area contributed by atoms with Crippen LogP contribution in [0, 0.1) is 5.41 Å². The van der Waals surface area contributed by atoms with E-state index in [4.69, 9.17) is 14.6 Å². The topological polar surface area (TPSA) is 105 Å². The van der Waals surface area contributed by atoms with Crippen molar-refractivity contribution < 1.29 is 29.0 Å². The van der Waals surface area contributed by atoms with Crippen LogP contribution in [0.4, 0.5) is 4.79 Å². The first kappa shape index (κ1) is 21.8. The number of rotatable bonds is 6. The van der Waals surface area contributed by atoms with Crippen LogP contribution in [0.3, 0.4) is 0 Å². The molecule has 1 fully saturated rings. The maximum atomic E-state index is 12.8. The number of likely N-dealkylation sites (N-methyl/N-ethyl adjacent to an activating group) is 1. The van der Waals surface area contributed by atoms with Crippen LogP contribution in [0.2, 0.25) is 0 Å². The van der Waals surface area contributed by atoms with Crippen molar-refractivity contribution in [3.05, 3.63) is 59.7 Å². The highest BCUT2D eigenvalue weighted by molar-refractivity contribution is 5.87. The normalized spacial score (nSPS) is 21.5. The minimum absolute atomic E-state index is 0.0670. The van der Waals surface area contributed by atoms with E-state index in [1.807, 2.05) is 36.4 Å². The molecule has 2 aliphatic rings. The lowest BCUT2D eigenvalue weighted by Crippen LogP contribution is -2.54. The van der Waals surface area contributed by atoms with Crippen molar-refractivity contribution in [1.29, 1.82) is 0 Å². The molecule has 0 aromatic heterocycles. The summed E-state index contributed by atoms with van der Waals surface area (Å²) >= 11 is 0. The van der Waals surface area contributed by atoms with Crippen LogP contribution in [0.15, 0.2) is 48.5 Å². The molecule has 0 spiro atoms. The summed E-state index contributed by atoms with van der Waals surface area (Å²) in [6.45, 7) is 1.63. The summed E-state index contributed by atoms with van der Waals surface area (Å²) in [4.78, 5) is 37.5. The van der Waals surface area contributed by atoms with Crippen LogP contribution in [0.5, 0.6) is 0 Å². The molecule has 8 heteroatoms. The van der Waals surface area contributed by atoms with Crippen molar-refractivity contribution in [2.45, 2.75) is 18.9 Å². The van der Waals surface area contributed by atoms with Gasteiger partial charge in [0.05, 0.1) is 24.7 Å². The van der Waals surface area contributed by atoms with Crippen LogP contribution in [-0.4, -0.2) is 67.4 Å². The fourth-order valence-corrected chi connectivity index (χ4v) is 4.58. The lowest BCUT2D eigenvalue weighted by molar-refractivity contribution is -0.148. The molecule has 168 valence electrons. The Balaban J connectivity index is 1.42. The molecular weight excluding hydrogens is 412 g/mol. The van der Waals surface area contributed by atoms with Crippen molar-refractivity contribution in [3.8, 4) is 11.1 Å². The van der Waals surface area contributed by atoms with Gasteiger partial charge in [0.2, 0.25) is 5.91 Å². The second-order valence-electron chi connectivity index (χ2n) is 8.51. The van der Waals surface area contributed by atoms with Crippen molar-refractivity contribution >= 4 is 18.0 Å². The third kappa shape index (κ3) is 3.93. The van der Waals surface area contributed by atoms with Crippen LogP contribution in [0.25, 0.3) is 11.1 Å². The lowest BCUT2D eigenvalue weighted by Gasteiger charge is -2.32. The summed E-state index contributed by atoms with van der Waals surface area (Å²) in [5.41, 5.74) is 3.43. The van der Waals surface area contributed by atoms with E-state index in [1.54, 1.807) is 6.92 Å². The first-order valence-corrected chi connectivity index (χ1v) is 10.5. The molecule has 2 N–H and O–H groups in total. The zero-order valence-corrected chi connectivity index (χ0v) is 18.0. The second-order valence-corrected chi connectivity index (χ2v) is 8.51. The van der Waals surface area contributed by atoms with Gasteiger partial charge in [-0.25, -0.2) is 4.79 Å². The highest BCUT2D eigenvalue weighted by Gasteiger charge is 2.48. The number of carboxylic acids is 1. The van der Waals surface area contributed by atoms with Crippen molar-refractivity contribution in [3.63, 3.8) is 0 Å². The molecule has 8 nitrogen and oxygen atoms in total. The number of carbonyl (C=O) groups excluding carboxylic acids is 2. The summed E-state index contributed by atoms with van der Waals surface area (Å²) in [7, 11) is 1.42. The number of alkyl carbamates (subject to hydrolysis) is 1. The molecule has 0 bridgehead atoms. The van der Waals surface area contributed by atoms with Gasteiger partial charge in [-0.2, -0.15) is 0 Å². The van der Waals surface area contributed by atoms with E-state index < -0.39 is 36.0 Å². The quantitative estimate of drug-likeness (QED) is 0.718. The molecule has 1 heterocycles. The van der Waals surface area contributed by atoms with E-state index in [0.29, 0.717) is 0 Å². The fourth-order valence-electron chi connectivity index (χ4n) is 4.58. The first-order chi connectivity index (χ1) is 15.3. The predicted molar refractivity (Wildman–Crippen MR) is 116 cm³/mol. The molecule has 0 saturated carbocycles. The number of hydrogen-bond acceptors (Lipinski definition) is 5. The maximum absolute atomic E-state index is 12.8. The molecular formula is C24H26N2O6. The SMILES string of the molecule is CN(CC(=O)O)C(=O)C1(C)COCC1NC(=O)OCC1c2ccccc2-c2ccccc21. The second kappa shape index (κ2) is 8.63. The van der Waals surface area contributed by atoms with Crippen molar-refractivity contribution in [2.75, 3.05) is 33.4 Å². The molecule has 2 unspecified atom stereocenters. The highest BCUT2D eigenvalue weighted by atomic mass is 16.5. The molecule has 2 amide bonds. The van der Waals surface area contributed by atoms with Gasteiger partial charge in [-0.15, -0.1) is 0 Å². The molecule has 2 aromatic carbocycles. The smallest absolute Gasteiger partial charge is 0.407 e. The minimum Gasteiger partial charge on any atom is -0.480 e. The summed E-state index contributed by atoms with van der Waals surface area (Å²) in [6.07, 6.45) is -0.637. The number of carboxylic acid groups (broad SMARTS) is 1. The lowest BCUT2D eigenvalue weighted by atomic mass is 9.83. The van der Waals surface area contributed by atoms with E-state index in [2.05, 4.69) is 17.4 Å². The summed E-state index contributed by atoms with van der Waals surface area (Å²) in [5, 5.41) is 11.7.